The van der Waals surface area contributed by atoms with E-state index in [0.717, 1.165) is 51.4 Å². The number of amides is 3. The summed E-state index contributed by atoms with van der Waals surface area (Å²) in [6.07, 6.45) is 10.9. The van der Waals surface area contributed by atoms with Crippen LogP contribution in [0.2, 0.25) is 0 Å². The van der Waals surface area contributed by atoms with Crippen molar-refractivity contribution in [1.29, 1.82) is 0 Å². The van der Waals surface area contributed by atoms with Crippen LogP contribution in [0.4, 0.5) is 4.70 Å². The fourth-order valence-electron chi connectivity index (χ4n) is 7.01. The molecule has 0 unspecified atom stereocenters. The zero-order valence-electron chi connectivity index (χ0n) is 44.2. The molecule has 13 N–H and O–H groups in total. The van der Waals surface area contributed by atoms with Gasteiger partial charge in [-0.1, -0.05) is 124 Å². The molecule has 0 aliphatic rings. The predicted octanol–water partition coefficient (Wildman–Crippen LogP) is 7.72. The second-order valence-electron chi connectivity index (χ2n) is 17.1. The number of carbonyl (C=O) groups is 11. The number of carboxylic acids is 6. The third-order valence-corrected chi connectivity index (χ3v) is 18.8. The molecule has 0 aliphatic heterocycles. The standard InChI is InChI=1S/C43H70N4O17.C4H10S6.CH4.FH.H3NO/c1-44-32(41(59)60)14-12-13-25-45-35(50)23-17-28(39(55)56)26-30(48)20-22-34(43(63)64)47-37(52)24-18-29(40(57)58)27-31(49)19-21-33(42(61)62)46-36(51)15-10-8-6-4-2-3-5-7-9-11-16-38(53)54;1-5-7-3-9-10-4-8-6-2;;;1-2/h28-29,32-34,44H,2-27H2,1H3,(H,45,50)(H,46,51)(H,47,52)(H,53,54)(H,55,56)(H,57,58)(H,59,60)(H,61,62)(H,63,64);3-4H2,1-2H3;1H4;1H;2H,1H2/t28-,29-,32+,33+,34+;;;;/m1..../s1. The maximum absolute atomic E-state index is 12.7. The lowest BCUT2D eigenvalue weighted by Gasteiger charge is -2.17. The van der Waals surface area contributed by atoms with Gasteiger partial charge >= 0.3 is 35.8 Å². The zero-order chi connectivity index (χ0) is 58.1. The van der Waals surface area contributed by atoms with Crippen molar-refractivity contribution in [3.05, 3.63) is 0 Å². The molecule has 3 amide bonds. The number of carbonyl (C=O) groups excluding carboxylic acids is 5. The fourth-order valence-corrected chi connectivity index (χ4v) is 14.4. The van der Waals surface area contributed by atoms with E-state index in [1.807, 2.05) is 64.8 Å². The Balaban J connectivity index is -0.00000113. The number of hydrogen-bond acceptors (Lipinski definition) is 20. The molecule has 0 aliphatic carbocycles. The van der Waals surface area contributed by atoms with E-state index in [1.165, 1.54) is 17.2 Å². The summed E-state index contributed by atoms with van der Waals surface area (Å²) in [7, 11) is 12.9. The van der Waals surface area contributed by atoms with E-state index in [-0.39, 0.29) is 63.6 Å². The molecular formula is C48H88FN5O18S6. The van der Waals surface area contributed by atoms with Gasteiger partial charge in [-0.3, -0.25) is 47.9 Å². The Labute approximate surface area is 481 Å². The number of ketones is 2. The van der Waals surface area contributed by atoms with Gasteiger partial charge in [0.2, 0.25) is 17.7 Å². The molecule has 0 aromatic heterocycles. The lowest BCUT2D eigenvalue weighted by atomic mass is 9.93. The van der Waals surface area contributed by atoms with Gasteiger partial charge in [-0.05, 0) is 77.3 Å². The first kappa shape index (κ1) is 83.3. The Kier molecular flexibility index (Phi) is 60.6. The molecule has 0 bridgehead atoms. The highest BCUT2D eigenvalue weighted by Crippen LogP contribution is 2.35. The van der Waals surface area contributed by atoms with Crippen molar-refractivity contribution in [2.45, 2.75) is 186 Å². The monoisotopic (exact) mass is 1230 g/mol. The van der Waals surface area contributed by atoms with Crippen LogP contribution < -0.4 is 27.2 Å². The molecule has 0 saturated heterocycles. The molecule has 0 saturated carbocycles. The van der Waals surface area contributed by atoms with Crippen molar-refractivity contribution in [3.8, 4) is 0 Å². The first-order chi connectivity index (χ1) is 36.2. The van der Waals surface area contributed by atoms with Crippen LogP contribution in [0.15, 0.2) is 0 Å². The summed E-state index contributed by atoms with van der Waals surface area (Å²) >= 11 is 0. The molecular weight excluding hydrogens is 1150 g/mol. The van der Waals surface area contributed by atoms with E-state index in [4.69, 9.17) is 15.4 Å². The lowest BCUT2D eigenvalue weighted by Crippen LogP contribution is -2.41. The van der Waals surface area contributed by atoms with Gasteiger partial charge in [0.1, 0.15) is 29.7 Å². The Hall–Kier alpha value is -3.52. The van der Waals surface area contributed by atoms with Gasteiger partial charge in [0.15, 0.2) is 0 Å². The summed E-state index contributed by atoms with van der Waals surface area (Å²) < 4.78 is 0. The van der Waals surface area contributed by atoms with Crippen molar-refractivity contribution in [2.75, 3.05) is 36.3 Å². The van der Waals surface area contributed by atoms with E-state index in [0.29, 0.717) is 32.1 Å². The lowest BCUT2D eigenvalue weighted by molar-refractivity contribution is -0.145. The van der Waals surface area contributed by atoms with Crippen LogP contribution in [0.1, 0.15) is 168 Å². The number of aliphatic carboxylic acids is 6. The quantitative estimate of drug-likeness (QED) is 0.0120. The van der Waals surface area contributed by atoms with E-state index >= 15 is 0 Å². The average Bonchev–Trinajstić information content (AvgIpc) is 3.36. The van der Waals surface area contributed by atoms with E-state index < -0.39 is 127 Å². The van der Waals surface area contributed by atoms with Crippen LogP contribution in [0.5, 0.6) is 0 Å². The minimum absolute atomic E-state index is 0. The van der Waals surface area contributed by atoms with Gasteiger partial charge < -0.3 is 57.1 Å². The van der Waals surface area contributed by atoms with Gasteiger partial charge in [-0.15, -0.1) is 0 Å². The first-order valence-electron chi connectivity index (χ1n) is 24.9. The van der Waals surface area contributed by atoms with Crippen molar-refractivity contribution in [3.63, 3.8) is 0 Å². The first-order valence-corrected chi connectivity index (χ1v) is 32.9. The van der Waals surface area contributed by atoms with Crippen LogP contribution in [0, 0.1) is 11.8 Å². The number of nitrogens with one attached hydrogen (secondary N) is 4. The molecule has 0 spiro atoms. The maximum atomic E-state index is 12.7. The fraction of sp³-hybridized carbons (Fsp3) is 0.771. The Morgan fingerprint density at radius 3 is 1.15 bits per heavy atom. The van der Waals surface area contributed by atoms with Crippen molar-refractivity contribution >= 4 is 130 Å². The SMILES string of the molecule is C.CN[C@@H](CCCCNC(=O)CC[C@H](CC(=O)CC[C@H](NC(=O)CC[C@H](CC(=O)CC[C@H](NC(=O)CCCCCCCCCCCCC(=O)O)C(=O)O)C(=O)O)C(=O)O)C(=O)O)C(=O)O.CSSCSSCSSC.F.NO. The molecule has 0 heterocycles. The topological polar surface area (TPSA) is 404 Å². The van der Waals surface area contributed by atoms with Gasteiger partial charge in [0, 0.05) is 57.9 Å². The highest BCUT2D eigenvalue weighted by atomic mass is 33.2. The van der Waals surface area contributed by atoms with Crippen LogP contribution in [0.25, 0.3) is 0 Å². The molecule has 5 atom stereocenters. The molecule has 78 heavy (non-hydrogen) atoms. The number of hydrogen-bond donors (Lipinski definition) is 12. The number of halogens is 1. The number of Topliss-reactive ketones (excluding diaryl/α,β-unsaturated/α-hetero) is 2. The summed E-state index contributed by atoms with van der Waals surface area (Å²) in [4.78, 5) is 131. The number of unbranched alkanes of at least 4 members (excludes halogenated alkanes) is 10. The molecule has 30 heteroatoms. The van der Waals surface area contributed by atoms with Crippen LogP contribution >= 0.6 is 64.8 Å². The van der Waals surface area contributed by atoms with Crippen molar-refractivity contribution < 1.29 is 93.3 Å². The van der Waals surface area contributed by atoms with Gasteiger partial charge in [0.05, 0.1) is 22.0 Å². The molecule has 0 fully saturated rings. The van der Waals surface area contributed by atoms with Crippen LogP contribution in [0.3, 0.4) is 0 Å². The zero-order valence-corrected chi connectivity index (χ0v) is 49.1. The number of rotatable bonds is 49. The minimum atomic E-state index is -1.58. The normalized spacial score (nSPS) is 12.3. The summed E-state index contributed by atoms with van der Waals surface area (Å²) in [6, 6.07) is -3.68. The summed E-state index contributed by atoms with van der Waals surface area (Å²) in [5.41, 5.74) is 0. The summed E-state index contributed by atoms with van der Waals surface area (Å²) in [6.45, 7) is 0.242. The molecule has 0 aromatic carbocycles. The van der Waals surface area contributed by atoms with Crippen molar-refractivity contribution in [2.24, 2.45) is 17.7 Å². The van der Waals surface area contributed by atoms with Gasteiger partial charge in [-0.25, -0.2) is 15.5 Å². The largest absolute Gasteiger partial charge is 0.481 e. The minimum Gasteiger partial charge on any atom is -0.481 e. The summed E-state index contributed by atoms with van der Waals surface area (Å²) in [5, 5.41) is 74.9. The number of nitrogens with two attached hydrogens (primary N) is 1. The third kappa shape index (κ3) is 51.9. The van der Waals surface area contributed by atoms with E-state index in [2.05, 4.69) is 39.7 Å². The Morgan fingerprint density at radius 1 is 0.423 bits per heavy atom. The second-order valence-corrected chi connectivity index (χ2v) is 25.4. The smallest absolute Gasteiger partial charge is 0.326 e. The van der Waals surface area contributed by atoms with E-state index in [9.17, 15) is 73.2 Å². The highest BCUT2D eigenvalue weighted by molar-refractivity contribution is 8.88. The van der Waals surface area contributed by atoms with Gasteiger partial charge in [-0.2, -0.15) is 0 Å². The predicted molar refractivity (Wildman–Crippen MR) is 310 cm³/mol. The average molecular weight is 1230 g/mol. The molecule has 0 rings (SSSR count). The third-order valence-electron chi connectivity index (χ3n) is 11.2. The van der Waals surface area contributed by atoms with E-state index in [1.54, 1.807) is 0 Å². The second kappa shape index (κ2) is 56.7. The molecule has 0 radical (unpaired) electrons. The Morgan fingerprint density at radius 2 is 0.795 bits per heavy atom. The highest BCUT2D eigenvalue weighted by Gasteiger charge is 2.28. The van der Waals surface area contributed by atoms with Crippen molar-refractivity contribution in [1.82, 2.24) is 21.3 Å². The summed E-state index contributed by atoms with van der Waals surface area (Å²) in [5.74, 6) is -9.59. The molecule has 456 valence electrons. The van der Waals surface area contributed by atoms with Crippen LogP contribution in [-0.4, -0.2) is 155 Å². The number of carboxylic acid groups (broad SMARTS) is 6. The number of likely N-dealkylation sites (N-methyl/N-ethyl adjacent to an activating group) is 1. The Bertz CT molecular complexity index is 1710. The maximum Gasteiger partial charge on any atom is 0.326 e. The van der Waals surface area contributed by atoms with Gasteiger partial charge in [0.25, 0.3) is 0 Å². The molecule has 0 aromatic rings. The van der Waals surface area contributed by atoms with Crippen LogP contribution in [-0.2, 0) is 52.7 Å². The molecule has 23 nitrogen and oxygen atoms in total.